The summed E-state index contributed by atoms with van der Waals surface area (Å²) in [5, 5.41) is 6.18. The summed E-state index contributed by atoms with van der Waals surface area (Å²) < 4.78 is 40.2. The van der Waals surface area contributed by atoms with Crippen molar-refractivity contribution in [2.24, 2.45) is 10.9 Å². The van der Waals surface area contributed by atoms with Crippen molar-refractivity contribution < 1.29 is 12.8 Å². The van der Waals surface area contributed by atoms with E-state index in [9.17, 15) is 12.8 Å². The fraction of sp³-hybridized carbons (Fsp3) is 0.611. The van der Waals surface area contributed by atoms with Crippen LogP contribution in [-0.4, -0.2) is 46.3 Å². The van der Waals surface area contributed by atoms with Crippen LogP contribution >= 0.6 is 0 Å². The van der Waals surface area contributed by atoms with Gasteiger partial charge in [0, 0.05) is 19.6 Å². The molecule has 26 heavy (non-hydrogen) atoms. The summed E-state index contributed by atoms with van der Waals surface area (Å²) in [4.78, 5) is 4.30. The van der Waals surface area contributed by atoms with Crippen molar-refractivity contribution in [2.75, 3.05) is 31.9 Å². The highest BCUT2D eigenvalue weighted by atomic mass is 32.2. The molecule has 0 saturated heterocycles. The van der Waals surface area contributed by atoms with Crippen LogP contribution in [0.1, 0.15) is 31.7 Å². The lowest BCUT2D eigenvalue weighted by Crippen LogP contribution is -2.39. The maximum Gasteiger partial charge on any atom is 0.213 e. The average molecular weight is 385 g/mol. The second-order valence-electron chi connectivity index (χ2n) is 6.49. The quantitative estimate of drug-likeness (QED) is 0.423. The number of hydrogen-bond donors (Lipinski definition) is 3. The molecule has 1 fully saturated rings. The highest BCUT2D eigenvalue weighted by molar-refractivity contribution is 7.89. The first-order chi connectivity index (χ1) is 12.5. The smallest absolute Gasteiger partial charge is 0.213 e. The number of benzene rings is 1. The minimum atomic E-state index is -3.29. The fourth-order valence-electron chi connectivity index (χ4n) is 2.65. The monoisotopic (exact) mass is 384 g/mol. The molecule has 1 aromatic carbocycles. The first-order valence-electron chi connectivity index (χ1n) is 9.23. The van der Waals surface area contributed by atoms with Crippen LogP contribution in [0.4, 0.5) is 4.39 Å². The second-order valence-corrected chi connectivity index (χ2v) is 8.42. The first-order valence-corrected chi connectivity index (χ1v) is 10.9. The van der Waals surface area contributed by atoms with Gasteiger partial charge in [-0.25, -0.2) is 17.5 Å². The van der Waals surface area contributed by atoms with Gasteiger partial charge in [0.05, 0.1) is 12.3 Å². The number of sulfonamides is 1. The number of nitrogens with one attached hydrogen (secondary N) is 3. The third-order valence-electron chi connectivity index (χ3n) is 4.44. The molecule has 1 aromatic rings. The standard InChI is InChI=1S/C18H29FN4O2S/c1-2-20-18(21-11-10-16-8-3-4-9-17(16)19)22-12-13-26(24,25)23-14-15-6-5-7-15/h3-4,8-9,15,23H,2,5-7,10-14H2,1H3,(H2,20,21,22). The molecule has 0 heterocycles. The molecular weight excluding hydrogens is 355 g/mol. The van der Waals surface area contributed by atoms with Gasteiger partial charge in [-0.1, -0.05) is 24.6 Å². The Kier molecular flexibility index (Phi) is 8.31. The lowest BCUT2D eigenvalue weighted by molar-refractivity contribution is 0.316. The Labute approximate surface area is 155 Å². The highest BCUT2D eigenvalue weighted by Crippen LogP contribution is 2.25. The van der Waals surface area contributed by atoms with E-state index in [0.29, 0.717) is 43.5 Å². The van der Waals surface area contributed by atoms with Gasteiger partial charge in [-0.05, 0) is 43.7 Å². The molecule has 0 unspecified atom stereocenters. The van der Waals surface area contributed by atoms with Crippen molar-refractivity contribution in [3.8, 4) is 0 Å². The zero-order valence-electron chi connectivity index (χ0n) is 15.3. The molecule has 0 aliphatic heterocycles. The predicted octanol–water partition coefficient (Wildman–Crippen LogP) is 1.64. The lowest BCUT2D eigenvalue weighted by atomic mass is 9.86. The van der Waals surface area contributed by atoms with Crippen LogP contribution in [0, 0.1) is 11.7 Å². The molecule has 6 nitrogen and oxygen atoms in total. The Morgan fingerprint density at radius 2 is 2.04 bits per heavy atom. The number of halogens is 1. The van der Waals surface area contributed by atoms with E-state index >= 15 is 0 Å². The fourth-order valence-corrected chi connectivity index (χ4v) is 3.62. The molecule has 1 aliphatic rings. The molecule has 1 saturated carbocycles. The van der Waals surface area contributed by atoms with E-state index in [1.807, 2.05) is 6.92 Å². The van der Waals surface area contributed by atoms with Gasteiger partial charge in [-0.15, -0.1) is 0 Å². The lowest BCUT2D eigenvalue weighted by Gasteiger charge is -2.25. The topological polar surface area (TPSA) is 82.6 Å². The van der Waals surface area contributed by atoms with Crippen molar-refractivity contribution in [1.82, 2.24) is 15.4 Å². The molecular formula is C18H29FN4O2S. The average Bonchev–Trinajstić information content (AvgIpc) is 2.55. The zero-order chi connectivity index (χ0) is 18.8. The normalized spacial score (nSPS) is 15.5. The van der Waals surface area contributed by atoms with E-state index in [0.717, 1.165) is 12.8 Å². The molecule has 0 aromatic heterocycles. The van der Waals surface area contributed by atoms with E-state index in [2.05, 4.69) is 20.3 Å². The van der Waals surface area contributed by atoms with E-state index in [1.165, 1.54) is 12.5 Å². The number of nitrogens with zero attached hydrogens (tertiary/aromatic N) is 1. The van der Waals surface area contributed by atoms with Gasteiger partial charge in [0.1, 0.15) is 5.82 Å². The van der Waals surface area contributed by atoms with Gasteiger partial charge in [0.2, 0.25) is 10.0 Å². The van der Waals surface area contributed by atoms with Crippen molar-refractivity contribution in [1.29, 1.82) is 0 Å². The van der Waals surface area contributed by atoms with Crippen molar-refractivity contribution in [2.45, 2.75) is 32.6 Å². The van der Waals surface area contributed by atoms with E-state index in [-0.39, 0.29) is 18.1 Å². The Morgan fingerprint density at radius 3 is 2.69 bits per heavy atom. The van der Waals surface area contributed by atoms with E-state index in [4.69, 9.17) is 0 Å². The van der Waals surface area contributed by atoms with Crippen LogP contribution < -0.4 is 15.4 Å². The third-order valence-corrected chi connectivity index (χ3v) is 5.76. The molecule has 0 radical (unpaired) electrons. The van der Waals surface area contributed by atoms with Crippen molar-refractivity contribution in [3.05, 3.63) is 35.6 Å². The minimum Gasteiger partial charge on any atom is -0.357 e. The highest BCUT2D eigenvalue weighted by Gasteiger charge is 2.19. The number of guanidine groups is 1. The summed E-state index contributed by atoms with van der Waals surface area (Å²) in [6, 6.07) is 6.66. The van der Waals surface area contributed by atoms with Crippen LogP contribution in [0.2, 0.25) is 0 Å². The van der Waals surface area contributed by atoms with Crippen LogP contribution in [0.5, 0.6) is 0 Å². The van der Waals surface area contributed by atoms with Crippen molar-refractivity contribution >= 4 is 16.0 Å². The van der Waals surface area contributed by atoms with Gasteiger partial charge in [0.15, 0.2) is 5.96 Å². The Morgan fingerprint density at radius 1 is 1.27 bits per heavy atom. The molecule has 2 rings (SSSR count). The second kappa shape index (κ2) is 10.5. The van der Waals surface area contributed by atoms with Gasteiger partial charge in [-0.3, -0.25) is 4.99 Å². The molecule has 0 bridgehead atoms. The van der Waals surface area contributed by atoms with Gasteiger partial charge in [0.25, 0.3) is 0 Å². The van der Waals surface area contributed by atoms with Gasteiger partial charge < -0.3 is 10.6 Å². The summed E-state index contributed by atoms with van der Waals surface area (Å²) in [7, 11) is -3.29. The maximum absolute atomic E-state index is 13.6. The third kappa shape index (κ3) is 7.29. The van der Waals surface area contributed by atoms with Crippen molar-refractivity contribution in [3.63, 3.8) is 0 Å². The van der Waals surface area contributed by atoms with Crippen LogP contribution in [0.15, 0.2) is 29.3 Å². The summed E-state index contributed by atoms with van der Waals surface area (Å²) in [5.74, 6) is 0.771. The van der Waals surface area contributed by atoms with E-state index < -0.39 is 10.0 Å². The molecule has 8 heteroatoms. The van der Waals surface area contributed by atoms with Crippen LogP contribution in [0.25, 0.3) is 0 Å². The minimum absolute atomic E-state index is 0.0381. The summed E-state index contributed by atoms with van der Waals surface area (Å²) >= 11 is 0. The predicted molar refractivity (Wildman–Crippen MR) is 103 cm³/mol. The first kappa shape index (κ1) is 20.6. The number of rotatable bonds is 10. The van der Waals surface area contributed by atoms with E-state index in [1.54, 1.807) is 18.2 Å². The number of hydrogen-bond acceptors (Lipinski definition) is 3. The molecule has 0 atom stereocenters. The largest absolute Gasteiger partial charge is 0.357 e. The van der Waals surface area contributed by atoms with Gasteiger partial charge in [-0.2, -0.15) is 0 Å². The zero-order valence-corrected chi connectivity index (χ0v) is 16.1. The maximum atomic E-state index is 13.6. The summed E-state index contributed by atoms with van der Waals surface area (Å²) in [5.41, 5.74) is 0.638. The van der Waals surface area contributed by atoms with Crippen LogP contribution in [-0.2, 0) is 16.4 Å². The summed E-state index contributed by atoms with van der Waals surface area (Å²) in [6.07, 6.45) is 3.94. The Balaban J connectivity index is 1.75. The Hall–Kier alpha value is -1.67. The molecule has 0 spiro atoms. The van der Waals surface area contributed by atoms with Gasteiger partial charge >= 0.3 is 0 Å². The molecule has 146 valence electrons. The SMILES string of the molecule is CCNC(=NCCS(=O)(=O)NCC1CCC1)NCCc1ccccc1F. The molecule has 1 aliphatic carbocycles. The Bertz CT molecular complexity index is 690. The molecule has 0 amide bonds. The summed E-state index contributed by atoms with van der Waals surface area (Å²) in [6.45, 7) is 3.82. The number of aliphatic imine (C=N–C) groups is 1. The molecule has 3 N–H and O–H groups in total. The van der Waals surface area contributed by atoms with Crippen LogP contribution in [0.3, 0.4) is 0 Å².